The first kappa shape index (κ1) is 13.5. The highest BCUT2D eigenvalue weighted by atomic mass is 32.2. The zero-order valence-electron chi connectivity index (χ0n) is 11.1. The summed E-state index contributed by atoms with van der Waals surface area (Å²) in [4.78, 5) is 0. The second-order valence-electron chi connectivity index (χ2n) is 4.87. The van der Waals surface area contributed by atoms with Crippen LogP contribution in [0.2, 0.25) is 0 Å². The third-order valence-corrected chi connectivity index (χ3v) is 4.80. The van der Waals surface area contributed by atoms with Crippen molar-refractivity contribution in [3.8, 4) is 11.5 Å². The molecule has 1 N–H and O–H groups in total. The number of hydrogen-bond acceptors (Lipinski definition) is 5. The molecular weight excluding hydrogens is 274 g/mol. The van der Waals surface area contributed by atoms with Gasteiger partial charge in [0.2, 0.25) is 11.8 Å². The van der Waals surface area contributed by atoms with Gasteiger partial charge in [-0.15, -0.1) is 10.2 Å². The van der Waals surface area contributed by atoms with Gasteiger partial charge < -0.3 is 9.73 Å². The fraction of sp³-hybridized carbons (Fsp3) is 0.429. The summed E-state index contributed by atoms with van der Waals surface area (Å²) >= 11 is 0. The minimum absolute atomic E-state index is 0.403. The SMILES string of the molecule is O=S1CCC(NCc2nnc(-c3ccccc3)o2)CC1. The third kappa shape index (κ3) is 3.32. The average molecular weight is 291 g/mol. The van der Waals surface area contributed by atoms with Crippen LogP contribution < -0.4 is 5.32 Å². The van der Waals surface area contributed by atoms with E-state index >= 15 is 0 Å². The molecule has 2 aromatic rings. The minimum atomic E-state index is -0.621. The Morgan fingerprint density at radius 1 is 1.20 bits per heavy atom. The summed E-state index contributed by atoms with van der Waals surface area (Å²) in [5, 5.41) is 11.5. The van der Waals surface area contributed by atoms with E-state index < -0.39 is 10.8 Å². The van der Waals surface area contributed by atoms with Gasteiger partial charge in [0.05, 0.1) is 6.54 Å². The Labute approximate surface area is 120 Å². The van der Waals surface area contributed by atoms with Gasteiger partial charge in [-0.1, -0.05) is 18.2 Å². The van der Waals surface area contributed by atoms with E-state index in [9.17, 15) is 4.21 Å². The average Bonchev–Trinajstić information content (AvgIpc) is 2.97. The second kappa shape index (κ2) is 6.28. The van der Waals surface area contributed by atoms with Gasteiger partial charge in [-0.05, 0) is 25.0 Å². The molecule has 1 aliphatic heterocycles. The minimum Gasteiger partial charge on any atom is -0.419 e. The van der Waals surface area contributed by atoms with Crippen molar-refractivity contribution in [1.29, 1.82) is 0 Å². The molecule has 3 rings (SSSR count). The predicted octanol–water partition coefficient (Wildman–Crippen LogP) is 1.74. The molecule has 5 nitrogen and oxygen atoms in total. The van der Waals surface area contributed by atoms with Gasteiger partial charge in [0.15, 0.2) is 0 Å². The van der Waals surface area contributed by atoms with E-state index in [2.05, 4.69) is 15.5 Å². The molecule has 1 aromatic heterocycles. The summed E-state index contributed by atoms with van der Waals surface area (Å²) in [5.41, 5.74) is 0.930. The molecule has 1 saturated heterocycles. The molecule has 0 spiro atoms. The number of aromatic nitrogens is 2. The van der Waals surface area contributed by atoms with Crippen LogP contribution in [0.1, 0.15) is 18.7 Å². The van der Waals surface area contributed by atoms with Crippen molar-refractivity contribution in [1.82, 2.24) is 15.5 Å². The van der Waals surface area contributed by atoms with E-state index in [0.717, 1.165) is 29.9 Å². The summed E-state index contributed by atoms with van der Waals surface area (Å²) in [7, 11) is -0.621. The number of nitrogens with one attached hydrogen (secondary N) is 1. The van der Waals surface area contributed by atoms with E-state index in [1.165, 1.54) is 0 Å². The van der Waals surface area contributed by atoms with Crippen molar-refractivity contribution >= 4 is 10.8 Å². The standard InChI is InChI=1S/C14H17N3O2S/c18-20-8-6-12(7-9-20)15-10-13-16-17-14(19-13)11-4-2-1-3-5-11/h1-5,12,15H,6-10H2. The van der Waals surface area contributed by atoms with E-state index in [0.29, 0.717) is 24.4 Å². The summed E-state index contributed by atoms with van der Waals surface area (Å²) < 4.78 is 16.9. The van der Waals surface area contributed by atoms with Crippen LogP contribution in [0.4, 0.5) is 0 Å². The van der Waals surface area contributed by atoms with Crippen molar-refractivity contribution in [2.75, 3.05) is 11.5 Å². The fourth-order valence-electron chi connectivity index (χ4n) is 2.25. The summed E-state index contributed by atoms with van der Waals surface area (Å²) in [6, 6.07) is 10.1. The van der Waals surface area contributed by atoms with E-state index in [1.54, 1.807) is 0 Å². The summed E-state index contributed by atoms with van der Waals surface area (Å²) in [5.74, 6) is 2.72. The van der Waals surface area contributed by atoms with E-state index in [4.69, 9.17) is 4.42 Å². The van der Waals surface area contributed by atoms with Crippen LogP contribution in [0.3, 0.4) is 0 Å². The highest BCUT2D eigenvalue weighted by Gasteiger charge is 2.18. The van der Waals surface area contributed by atoms with Crippen molar-refractivity contribution in [3.63, 3.8) is 0 Å². The fourth-order valence-corrected chi connectivity index (χ4v) is 3.55. The molecule has 6 heteroatoms. The maximum Gasteiger partial charge on any atom is 0.247 e. The van der Waals surface area contributed by atoms with Crippen LogP contribution in [0.25, 0.3) is 11.5 Å². The Bertz CT molecular complexity index is 575. The number of nitrogens with zero attached hydrogens (tertiary/aromatic N) is 2. The molecule has 106 valence electrons. The molecule has 0 bridgehead atoms. The van der Waals surface area contributed by atoms with Crippen molar-refractivity contribution in [2.45, 2.75) is 25.4 Å². The molecule has 0 saturated carbocycles. The smallest absolute Gasteiger partial charge is 0.247 e. The monoisotopic (exact) mass is 291 g/mol. The van der Waals surface area contributed by atoms with Gasteiger partial charge in [-0.2, -0.15) is 0 Å². The molecular formula is C14H17N3O2S. The molecule has 1 fully saturated rings. The molecule has 1 aromatic carbocycles. The van der Waals surface area contributed by atoms with Crippen LogP contribution in [0.5, 0.6) is 0 Å². The Morgan fingerprint density at radius 3 is 2.70 bits per heavy atom. The number of hydrogen-bond donors (Lipinski definition) is 1. The molecule has 0 unspecified atom stereocenters. The lowest BCUT2D eigenvalue weighted by molar-refractivity contribution is 0.420. The topological polar surface area (TPSA) is 68.0 Å². The first-order valence-corrected chi connectivity index (χ1v) is 8.26. The Morgan fingerprint density at radius 2 is 1.95 bits per heavy atom. The van der Waals surface area contributed by atoms with Crippen LogP contribution >= 0.6 is 0 Å². The Balaban J connectivity index is 1.57. The van der Waals surface area contributed by atoms with Crippen molar-refractivity contribution in [2.24, 2.45) is 0 Å². The lowest BCUT2D eigenvalue weighted by Crippen LogP contribution is -2.35. The zero-order chi connectivity index (χ0) is 13.8. The summed E-state index contributed by atoms with van der Waals surface area (Å²) in [6.07, 6.45) is 1.90. The molecule has 0 atom stereocenters. The maximum atomic E-state index is 11.3. The second-order valence-corrected chi connectivity index (χ2v) is 6.57. The van der Waals surface area contributed by atoms with Crippen LogP contribution in [-0.4, -0.2) is 32.0 Å². The van der Waals surface area contributed by atoms with Crippen LogP contribution in [-0.2, 0) is 17.3 Å². The largest absolute Gasteiger partial charge is 0.419 e. The van der Waals surface area contributed by atoms with Crippen LogP contribution in [0.15, 0.2) is 34.7 Å². The first-order valence-electron chi connectivity index (χ1n) is 6.77. The quantitative estimate of drug-likeness (QED) is 0.929. The molecule has 2 heterocycles. The molecule has 0 radical (unpaired) electrons. The normalized spacial score (nSPS) is 22.8. The lowest BCUT2D eigenvalue weighted by Gasteiger charge is -2.21. The van der Waals surface area contributed by atoms with Gasteiger partial charge in [-0.25, -0.2) is 0 Å². The van der Waals surface area contributed by atoms with E-state index in [1.807, 2.05) is 30.3 Å². The van der Waals surface area contributed by atoms with Crippen LogP contribution in [0, 0.1) is 0 Å². The van der Waals surface area contributed by atoms with Gasteiger partial charge in [0.25, 0.3) is 0 Å². The maximum absolute atomic E-state index is 11.3. The summed E-state index contributed by atoms with van der Waals surface area (Å²) in [6.45, 7) is 0.567. The number of rotatable bonds is 4. The van der Waals surface area contributed by atoms with Crippen molar-refractivity contribution < 1.29 is 8.63 Å². The Kier molecular flexibility index (Phi) is 4.22. The van der Waals surface area contributed by atoms with Gasteiger partial charge in [0.1, 0.15) is 0 Å². The van der Waals surface area contributed by atoms with Gasteiger partial charge in [0, 0.05) is 33.9 Å². The van der Waals surface area contributed by atoms with E-state index in [-0.39, 0.29) is 0 Å². The van der Waals surface area contributed by atoms with Gasteiger partial charge in [-0.3, -0.25) is 4.21 Å². The van der Waals surface area contributed by atoms with Gasteiger partial charge >= 0.3 is 0 Å². The highest BCUT2D eigenvalue weighted by molar-refractivity contribution is 7.85. The zero-order valence-corrected chi connectivity index (χ0v) is 11.9. The molecule has 1 aliphatic rings. The molecule has 20 heavy (non-hydrogen) atoms. The lowest BCUT2D eigenvalue weighted by atomic mass is 10.1. The highest BCUT2D eigenvalue weighted by Crippen LogP contribution is 2.17. The first-order chi connectivity index (χ1) is 9.81. The van der Waals surface area contributed by atoms with Crippen molar-refractivity contribution in [3.05, 3.63) is 36.2 Å². The number of benzene rings is 1. The third-order valence-electron chi connectivity index (χ3n) is 3.42. The Hall–Kier alpha value is -1.53. The predicted molar refractivity (Wildman–Crippen MR) is 77.5 cm³/mol. The molecule has 0 amide bonds. The molecule has 0 aliphatic carbocycles.